The number of hydrogen-bond acceptors (Lipinski definition) is 5. The Balaban J connectivity index is 1.62. The van der Waals surface area contributed by atoms with Gasteiger partial charge in [-0.25, -0.2) is 0 Å². The molecule has 0 aliphatic carbocycles. The molecule has 29 heavy (non-hydrogen) atoms. The number of carbonyl (C=O) groups is 1. The van der Waals surface area contributed by atoms with Gasteiger partial charge in [0.1, 0.15) is 11.5 Å². The van der Waals surface area contributed by atoms with Gasteiger partial charge in [-0.15, -0.1) is 0 Å². The molecule has 1 amide bonds. The van der Waals surface area contributed by atoms with Gasteiger partial charge in [0.25, 0.3) is 11.6 Å². The number of nitro benzene ring substituents is 1. The van der Waals surface area contributed by atoms with E-state index in [1.165, 1.54) is 17.1 Å². The minimum Gasteiger partial charge on any atom is -0.457 e. The largest absolute Gasteiger partial charge is 0.457 e. The van der Waals surface area contributed by atoms with E-state index in [0.29, 0.717) is 28.5 Å². The van der Waals surface area contributed by atoms with E-state index in [9.17, 15) is 14.9 Å². The van der Waals surface area contributed by atoms with E-state index >= 15 is 0 Å². The summed E-state index contributed by atoms with van der Waals surface area (Å²) in [4.78, 5) is 23.3. The number of anilines is 1. The van der Waals surface area contributed by atoms with Crippen LogP contribution in [-0.4, -0.2) is 16.5 Å². The van der Waals surface area contributed by atoms with Crippen molar-refractivity contribution in [3.8, 4) is 11.3 Å². The molecule has 0 spiro atoms. The van der Waals surface area contributed by atoms with Crippen molar-refractivity contribution < 1.29 is 14.1 Å². The third kappa shape index (κ3) is 3.45. The van der Waals surface area contributed by atoms with Gasteiger partial charge >= 0.3 is 0 Å². The maximum absolute atomic E-state index is 12.8. The summed E-state index contributed by atoms with van der Waals surface area (Å²) in [5.74, 6) is 0.855. The van der Waals surface area contributed by atoms with Gasteiger partial charge in [-0.05, 0) is 55.8 Å². The van der Waals surface area contributed by atoms with Crippen LogP contribution in [0.3, 0.4) is 0 Å². The molecular weight excluding hydrogens is 370 g/mol. The number of furan rings is 1. The fraction of sp³-hybridized carbons (Fsp3) is 0.0909. The van der Waals surface area contributed by atoms with Crippen molar-refractivity contribution >= 4 is 29.1 Å². The minimum atomic E-state index is -0.429. The van der Waals surface area contributed by atoms with Gasteiger partial charge in [0.15, 0.2) is 0 Å². The molecule has 0 saturated carbocycles. The number of hydrogen-bond donors (Lipinski definition) is 0. The first-order valence-electron chi connectivity index (χ1n) is 8.96. The van der Waals surface area contributed by atoms with Crippen LogP contribution < -0.4 is 5.01 Å². The SMILES string of the molecule is CC1=NN(c2ccccc2)C(=O)C1=Cc1ccc(-c2ccc([N+](=O)[O-])cc2C)o1. The van der Waals surface area contributed by atoms with Crippen LogP contribution in [0.5, 0.6) is 0 Å². The Labute approximate surface area is 166 Å². The Morgan fingerprint density at radius 3 is 2.52 bits per heavy atom. The van der Waals surface area contributed by atoms with Gasteiger partial charge in [0, 0.05) is 17.7 Å². The van der Waals surface area contributed by atoms with Gasteiger partial charge in [-0.1, -0.05) is 18.2 Å². The summed E-state index contributed by atoms with van der Waals surface area (Å²) in [5, 5.41) is 16.6. The third-order valence-corrected chi connectivity index (χ3v) is 4.66. The number of carbonyl (C=O) groups excluding carboxylic acids is 1. The Bertz CT molecular complexity index is 1180. The summed E-state index contributed by atoms with van der Waals surface area (Å²) >= 11 is 0. The highest BCUT2D eigenvalue weighted by Gasteiger charge is 2.29. The lowest BCUT2D eigenvalue weighted by Crippen LogP contribution is -2.21. The first-order chi connectivity index (χ1) is 13.9. The quantitative estimate of drug-likeness (QED) is 0.359. The third-order valence-electron chi connectivity index (χ3n) is 4.66. The smallest absolute Gasteiger partial charge is 0.280 e. The van der Waals surface area contributed by atoms with Crippen LogP contribution >= 0.6 is 0 Å². The normalized spacial score (nSPS) is 15.1. The molecule has 7 heteroatoms. The van der Waals surface area contributed by atoms with Crippen molar-refractivity contribution in [1.82, 2.24) is 0 Å². The predicted octanol–water partition coefficient (Wildman–Crippen LogP) is 4.97. The zero-order chi connectivity index (χ0) is 20.5. The maximum atomic E-state index is 12.8. The van der Waals surface area contributed by atoms with Gasteiger partial charge < -0.3 is 4.42 Å². The number of non-ortho nitro benzene ring substituents is 1. The van der Waals surface area contributed by atoms with Crippen molar-refractivity contribution in [3.63, 3.8) is 0 Å². The lowest BCUT2D eigenvalue weighted by molar-refractivity contribution is -0.384. The highest BCUT2D eigenvalue weighted by atomic mass is 16.6. The second-order valence-electron chi connectivity index (χ2n) is 6.65. The van der Waals surface area contributed by atoms with Crippen LogP contribution in [0.4, 0.5) is 11.4 Å². The molecule has 0 saturated heterocycles. The fourth-order valence-corrected chi connectivity index (χ4v) is 3.18. The first-order valence-corrected chi connectivity index (χ1v) is 8.96. The predicted molar refractivity (Wildman–Crippen MR) is 111 cm³/mol. The van der Waals surface area contributed by atoms with E-state index in [1.54, 1.807) is 38.1 Å². The van der Waals surface area contributed by atoms with E-state index in [0.717, 1.165) is 11.1 Å². The number of rotatable bonds is 4. The van der Waals surface area contributed by atoms with Crippen molar-refractivity contribution in [1.29, 1.82) is 0 Å². The van der Waals surface area contributed by atoms with Crippen LogP contribution in [0.15, 0.2) is 75.8 Å². The monoisotopic (exact) mass is 387 g/mol. The van der Waals surface area contributed by atoms with E-state index in [4.69, 9.17) is 4.42 Å². The molecule has 0 atom stereocenters. The number of benzene rings is 2. The van der Waals surface area contributed by atoms with E-state index < -0.39 is 4.92 Å². The van der Waals surface area contributed by atoms with Crippen LogP contribution in [0, 0.1) is 17.0 Å². The molecule has 1 aromatic heterocycles. The highest BCUT2D eigenvalue weighted by Crippen LogP contribution is 2.30. The number of aryl methyl sites for hydroxylation is 1. The Hall–Kier alpha value is -4.00. The first kappa shape index (κ1) is 18.4. The molecule has 0 N–H and O–H groups in total. The van der Waals surface area contributed by atoms with E-state index in [2.05, 4.69) is 5.10 Å². The molecule has 2 heterocycles. The van der Waals surface area contributed by atoms with Gasteiger partial charge in [0.2, 0.25) is 0 Å². The molecule has 4 rings (SSSR count). The van der Waals surface area contributed by atoms with Gasteiger partial charge in [-0.3, -0.25) is 14.9 Å². The van der Waals surface area contributed by atoms with Crippen molar-refractivity contribution in [2.75, 3.05) is 5.01 Å². The van der Waals surface area contributed by atoms with Crippen LogP contribution in [-0.2, 0) is 4.79 Å². The van der Waals surface area contributed by atoms with Crippen molar-refractivity contribution in [2.45, 2.75) is 13.8 Å². The highest BCUT2D eigenvalue weighted by molar-refractivity contribution is 6.32. The van der Waals surface area contributed by atoms with E-state index in [1.807, 2.05) is 30.3 Å². The molecular formula is C22H17N3O4. The Morgan fingerprint density at radius 2 is 1.83 bits per heavy atom. The summed E-state index contributed by atoms with van der Waals surface area (Å²) in [5.41, 5.74) is 3.27. The summed E-state index contributed by atoms with van der Waals surface area (Å²) in [7, 11) is 0. The van der Waals surface area contributed by atoms with Gasteiger partial charge in [-0.2, -0.15) is 10.1 Å². The molecule has 144 valence electrons. The van der Waals surface area contributed by atoms with Gasteiger partial charge in [0.05, 0.1) is 21.9 Å². The molecule has 0 unspecified atom stereocenters. The average Bonchev–Trinajstić information content (AvgIpc) is 3.28. The zero-order valence-corrected chi connectivity index (χ0v) is 15.8. The molecule has 7 nitrogen and oxygen atoms in total. The minimum absolute atomic E-state index is 0.0320. The summed E-state index contributed by atoms with van der Waals surface area (Å²) in [6.45, 7) is 3.56. The number of para-hydroxylation sites is 1. The Kier molecular flexibility index (Phi) is 4.56. The second-order valence-corrected chi connectivity index (χ2v) is 6.65. The van der Waals surface area contributed by atoms with Crippen LogP contribution in [0.25, 0.3) is 17.4 Å². The molecule has 0 radical (unpaired) electrons. The molecule has 2 aromatic carbocycles. The lowest BCUT2D eigenvalue weighted by atomic mass is 10.1. The van der Waals surface area contributed by atoms with E-state index in [-0.39, 0.29) is 11.6 Å². The molecule has 0 bridgehead atoms. The Morgan fingerprint density at radius 1 is 1.07 bits per heavy atom. The maximum Gasteiger partial charge on any atom is 0.280 e. The van der Waals surface area contributed by atoms with Crippen LogP contribution in [0.1, 0.15) is 18.2 Å². The topological polar surface area (TPSA) is 89.0 Å². The molecule has 1 aliphatic heterocycles. The number of amides is 1. The average molecular weight is 387 g/mol. The number of nitrogens with zero attached hydrogens (tertiary/aromatic N) is 3. The number of hydrazone groups is 1. The standard InChI is InChI=1S/C22H17N3O4/c1-14-12-17(25(27)28)8-10-19(14)21-11-9-18(29-21)13-20-15(2)23-24(22(20)26)16-6-4-3-5-7-16/h3-13H,1-2H3. The summed E-state index contributed by atoms with van der Waals surface area (Å²) in [6, 6.07) is 17.4. The zero-order valence-electron chi connectivity index (χ0n) is 15.8. The lowest BCUT2D eigenvalue weighted by Gasteiger charge is -2.10. The second kappa shape index (κ2) is 7.20. The summed E-state index contributed by atoms with van der Waals surface area (Å²) < 4.78 is 5.88. The number of nitro groups is 1. The van der Waals surface area contributed by atoms with Crippen LogP contribution in [0.2, 0.25) is 0 Å². The van der Waals surface area contributed by atoms with Crippen molar-refractivity contribution in [2.24, 2.45) is 5.10 Å². The fourth-order valence-electron chi connectivity index (χ4n) is 3.18. The molecule has 3 aromatic rings. The molecule has 1 aliphatic rings. The molecule has 0 fully saturated rings. The van der Waals surface area contributed by atoms with Crippen molar-refractivity contribution in [3.05, 3.63) is 87.7 Å². The summed E-state index contributed by atoms with van der Waals surface area (Å²) in [6.07, 6.45) is 1.66.